The van der Waals surface area contributed by atoms with Crippen LogP contribution < -0.4 is 5.32 Å². The molecule has 0 aromatic carbocycles. The van der Waals surface area contributed by atoms with Gasteiger partial charge < -0.3 is 14.8 Å². The molecule has 0 spiro atoms. The molecule has 1 N–H and O–H groups in total. The van der Waals surface area contributed by atoms with Gasteiger partial charge in [0, 0.05) is 39.4 Å². The molecule has 0 aromatic rings. The molecule has 0 saturated heterocycles. The van der Waals surface area contributed by atoms with E-state index in [9.17, 15) is 0 Å². The fourth-order valence-corrected chi connectivity index (χ4v) is 2.57. The highest BCUT2D eigenvalue weighted by Gasteiger charge is 2.27. The second-order valence-electron chi connectivity index (χ2n) is 5.41. The Morgan fingerprint density at radius 1 is 0.900 bits per heavy atom. The standard InChI is InChI=1S/C16H36N2O2/c1-6-16(7-2,14-17-5)15-18(10-12-19-8-3)11-13-20-9-4/h17H,6-15H2,1-5H3. The lowest BCUT2D eigenvalue weighted by molar-refractivity contribution is 0.0556. The quantitative estimate of drug-likeness (QED) is 0.498. The number of nitrogens with zero attached hydrogens (tertiary/aromatic N) is 1. The third kappa shape index (κ3) is 8.20. The van der Waals surface area contributed by atoms with Crippen LogP contribution in [0, 0.1) is 5.41 Å². The third-order valence-corrected chi connectivity index (χ3v) is 4.12. The molecule has 122 valence electrons. The Kier molecular flexibility index (Phi) is 12.5. The molecule has 0 bridgehead atoms. The fraction of sp³-hybridized carbons (Fsp3) is 1.00. The molecule has 0 aliphatic carbocycles. The van der Waals surface area contributed by atoms with Gasteiger partial charge in [-0.15, -0.1) is 0 Å². The van der Waals surface area contributed by atoms with E-state index in [4.69, 9.17) is 9.47 Å². The summed E-state index contributed by atoms with van der Waals surface area (Å²) in [6, 6.07) is 0. The van der Waals surface area contributed by atoms with E-state index in [2.05, 4.69) is 24.1 Å². The van der Waals surface area contributed by atoms with Gasteiger partial charge in [-0.3, -0.25) is 4.90 Å². The van der Waals surface area contributed by atoms with Gasteiger partial charge in [0.1, 0.15) is 0 Å². The minimum Gasteiger partial charge on any atom is -0.380 e. The highest BCUT2D eigenvalue weighted by Crippen LogP contribution is 2.26. The Labute approximate surface area is 126 Å². The largest absolute Gasteiger partial charge is 0.380 e. The Morgan fingerprint density at radius 2 is 1.40 bits per heavy atom. The molecule has 0 heterocycles. The van der Waals surface area contributed by atoms with Crippen molar-refractivity contribution in [3.8, 4) is 0 Å². The molecule has 0 aliphatic rings. The predicted octanol–water partition coefficient (Wildman–Crippen LogP) is 2.39. The van der Waals surface area contributed by atoms with Crippen LogP contribution in [-0.4, -0.2) is 64.6 Å². The highest BCUT2D eigenvalue weighted by atomic mass is 16.5. The van der Waals surface area contributed by atoms with Gasteiger partial charge >= 0.3 is 0 Å². The minimum absolute atomic E-state index is 0.354. The van der Waals surface area contributed by atoms with Crippen LogP contribution in [0.5, 0.6) is 0 Å². The molecule has 4 heteroatoms. The lowest BCUT2D eigenvalue weighted by Gasteiger charge is -2.37. The van der Waals surface area contributed by atoms with E-state index in [1.54, 1.807) is 0 Å². The summed E-state index contributed by atoms with van der Waals surface area (Å²) in [7, 11) is 2.05. The number of nitrogens with one attached hydrogen (secondary N) is 1. The van der Waals surface area contributed by atoms with Gasteiger partial charge in [0.2, 0.25) is 0 Å². The first-order chi connectivity index (χ1) is 9.67. The van der Waals surface area contributed by atoms with Crippen LogP contribution in [0.15, 0.2) is 0 Å². The zero-order chi connectivity index (χ0) is 15.3. The van der Waals surface area contributed by atoms with Crippen molar-refractivity contribution in [1.82, 2.24) is 10.2 Å². The van der Waals surface area contributed by atoms with Crippen LogP contribution in [0.1, 0.15) is 40.5 Å². The minimum atomic E-state index is 0.354. The summed E-state index contributed by atoms with van der Waals surface area (Å²) in [5.41, 5.74) is 0.354. The molecular formula is C16H36N2O2. The SMILES string of the molecule is CCOCCN(CCOCC)CC(CC)(CC)CNC. The number of hydrogen-bond acceptors (Lipinski definition) is 4. The molecule has 0 saturated carbocycles. The maximum Gasteiger partial charge on any atom is 0.0593 e. The van der Waals surface area contributed by atoms with Crippen LogP contribution in [0.2, 0.25) is 0 Å². The number of hydrogen-bond donors (Lipinski definition) is 1. The van der Waals surface area contributed by atoms with Crippen molar-refractivity contribution in [2.75, 3.05) is 59.7 Å². The lowest BCUT2D eigenvalue weighted by atomic mass is 9.81. The topological polar surface area (TPSA) is 33.7 Å². The number of ether oxygens (including phenoxy) is 2. The zero-order valence-electron chi connectivity index (χ0n) is 14.3. The van der Waals surface area contributed by atoms with Gasteiger partial charge in [-0.25, -0.2) is 0 Å². The van der Waals surface area contributed by atoms with Crippen molar-refractivity contribution >= 4 is 0 Å². The molecule has 0 aromatic heterocycles. The Bertz CT molecular complexity index is 199. The van der Waals surface area contributed by atoms with E-state index in [0.717, 1.165) is 52.6 Å². The van der Waals surface area contributed by atoms with Gasteiger partial charge in [-0.05, 0) is 39.2 Å². The molecule has 0 radical (unpaired) electrons. The first-order valence-electron chi connectivity index (χ1n) is 8.20. The fourth-order valence-electron chi connectivity index (χ4n) is 2.57. The summed E-state index contributed by atoms with van der Waals surface area (Å²) in [5.74, 6) is 0. The van der Waals surface area contributed by atoms with Crippen LogP contribution in [0.4, 0.5) is 0 Å². The molecule has 20 heavy (non-hydrogen) atoms. The van der Waals surface area contributed by atoms with E-state index in [1.165, 1.54) is 12.8 Å². The van der Waals surface area contributed by atoms with Crippen molar-refractivity contribution in [1.29, 1.82) is 0 Å². The summed E-state index contributed by atoms with van der Waals surface area (Å²) < 4.78 is 11.0. The average Bonchev–Trinajstić information content (AvgIpc) is 2.47. The summed E-state index contributed by atoms with van der Waals surface area (Å²) in [4.78, 5) is 2.50. The summed E-state index contributed by atoms with van der Waals surface area (Å²) in [5, 5.41) is 3.36. The average molecular weight is 288 g/mol. The molecule has 0 aliphatic heterocycles. The molecular weight excluding hydrogens is 252 g/mol. The zero-order valence-corrected chi connectivity index (χ0v) is 14.3. The Morgan fingerprint density at radius 3 is 1.75 bits per heavy atom. The van der Waals surface area contributed by atoms with Crippen molar-refractivity contribution in [2.45, 2.75) is 40.5 Å². The van der Waals surface area contributed by atoms with Crippen LogP contribution >= 0.6 is 0 Å². The van der Waals surface area contributed by atoms with Gasteiger partial charge in [0.25, 0.3) is 0 Å². The first-order valence-corrected chi connectivity index (χ1v) is 8.20. The molecule has 0 atom stereocenters. The van der Waals surface area contributed by atoms with Crippen molar-refractivity contribution in [3.05, 3.63) is 0 Å². The smallest absolute Gasteiger partial charge is 0.0593 e. The summed E-state index contributed by atoms with van der Waals surface area (Å²) in [6.07, 6.45) is 2.40. The van der Waals surface area contributed by atoms with Crippen LogP contribution in [0.3, 0.4) is 0 Å². The first kappa shape index (κ1) is 19.8. The van der Waals surface area contributed by atoms with E-state index in [0.29, 0.717) is 5.41 Å². The van der Waals surface area contributed by atoms with E-state index in [-0.39, 0.29) is 0 Å². The second kappa shape index (κ2) is 12.6. The maximum absolute atomic E-state index is 5.51. The highest BCUT2D eigenvalue weighted by molar-refractivity contribution is 4.82. The van der Waals surface area contributed by atoms with E-state index in [1.807, 2.05) is 20.9 Å². The molecule has 0 unspecified atom stereocenters. The van der Waals surface area contributed by atoms with Gasteiger partial charge in [-0.1, -0.05) is 13.8 Å². The van der Waals surface area contributed by atoms with Crippen molar-refractivity contribution in [2.24, 2.45) is 5.41 Å². The molecule has 4 nitrogen and oxygen atoms in total. The molecule has 0 amide bonds. The Balaban J connectivity index is 4.46. The maximum atomic E-state index is 5.51. The van der Waals surface area contributed by atoms with Crippen molar-refractivity contribution < 1.29 is 9.47 Å². The Hall–Kier alpha value is -0.160. The third-order valence-electron chi connectivity index (χ3n) is 4.12. The normalized spacial score (nSPS) is 12.3. The van der Waals surface area contributed by atoms with Crippen molar-refractivity contribution in [3.63, 3.8) is 0 Å². The van der Waals surface area contributed by atoms with E-state index >= 15 is 0 Å². The van der Waals surface area contributed by atoms with Gasteiger partial charge in [-0.2, -0.15) is 0 Å². The number of rotatable bonds is 14. The van der Waals surface area contributed by atoms with Crippen LogP contribution in [0.25, 0.3) is 0 Å². The second-order valence-corrected chi connectivity index (χ2v) is 5.41. The van der Waals surface area contributed by atoms with Gasteiger partial charge in [0.05, 0.1) is 13.2 Å². The molecule has 0 rings (SSSR count). The van der Waals surface area contributed by atoms with E-state index < -0.39 is 0 Å². The summed E-state index contributed by atoms with van der Waals surface area (Å²) >= 11 is 0. The van der Waals surface area contributed by atoms with Crippen LogP contribution in [-0.2, 0) is 9.47 Å². The lowest BCUT2D eigenvalue weighted by Crippen LogP contribution is -2.45. The predicted molar refractivity (Wildman–Crippen MR) is 86.4 cm³/mol. The summed E-state index contributed by atoms with van der Waals surface area (Å²) in [6.45, 7) is 16.1. The van der Waals surface area contributed by atoms with Gasteiger partial charge in [0.15, 0.2) is 0 Å². The molecule has 0 fully saturated rings. The monoisotopic (exact) mass is 288 g/mol.